The molecule has 0 bridgehead atoms. The molecule has 12 heteroatoms. The smallest absolute Gasteiger partial charge is 0.244 e. The Morgan fingerprint density at radius 1 is 0.925 bits per heavy atom. The normalized spacial score (nSPS) is 11.8. The lowest BCUT2D eigenvalue weighted by molar-refractivity contribution is -0.139. The van der Waals surface area contributed by atoms with Gasteiger partial charge in [0.2, 0.25) is 21.8 Å². The number of likely N-dealkylation sites (N-methyl/N-ethyl adjacent to an activating group) is 1. The molecule has 214 valence electrons. The van der Waals surface area contributed by atoms with E-state index in [2.05, 4.69) is 5.32 Å². The molecule has 0 aliphatic heterocycles. The highest BCUT2D eigenvalue weighted by molar-refractivity contribution is 7.92. The van der Waals surface area contributed by atoms with Gasteiger partial charge in [0.15, 0.2) is 11.5 Å². The standard InChI is InChI=1S/C28H31Cl2N3O6S/c1-31-28(35)24(15-19-9-6-5-7-10-19)32(17-21-22(29)11-8-12-23(21)30)27(34)18-33(40(4,36)37)20-13-14-25(38-2)26(16-20)39-3/h5-14,16,24H,15,17-18H2,1-4H3,(H,31,35)/t24-/m0/s1. The van der Waals surface area contributed by atoms with E-state index >= 15 is 0 Å². The number of hydrogen-bond donors (Lipinski definition) is 1. The van der Waals surface area contributed by atoms with E-state index in [9.17, 15) is 18.0 Å². The predicted molar refractivity (Wildman–Crippen MR) is 157 cm³/mol. The number of halogens is 2. The third-order valence-electron chi connectivity index (χ3n) is 6.24. The summed E-state index contributed by atoms with van der Waals surface area (Å²) >= 11 is 12.9. The summed E-state index contributed by atoms with van der Waals surface area (Å²) in [7, 11) is 0.394. The van der Waals surface area contributed by atoms with Crippen LogP contribution in [0.5, 0.6) is 11.5 Å². The van der Waals surface area contributed by atoms with Crippen LogP contribution in [0.3, 0.4) is 0 Å². The van der Waals surface area contributed by atoms with E-state index in [0.717, 1.165) is 16.1 Å². The number of ether oxygens (including phenoxy) is 2. The first-order valence-electron chi connectivity index (χ1n) is 12.2. The van der Waals surface area contributed by atoms with Gasteiger partial charge >= 0.3 is 0 Å². The summed E-state index contributed by atoms with van der Waals surface area (Å²) < 4.78 is 37.4. The van der Waals surface area contributed by atoms with Gasteiger partial charge in [-0.3, -0.25) is 13.9 Å². The molecule has 3 rings (SSSR count). The number of nitrogens with zero attached hydrogens (tertiary/aromatic N) is 2. The monoisotopic (exact) mass is 607 g/mol. The maximum Gasteiger partial charge on any atom is 0.244 e. The lowest BCUT2D eigenvalue weighted by Gasteiger charge is -2.33. The fraction of sp³-hybridized carbons (Fsp3) is 0.286. The molecule has 0 unspecified atom stereocenters. The van der Waals surface area contributed by atoms with Crippen molar-refractivity contribution in [2.75, 3.05) is 38.4 Å². The Balaban J connectivity index is 2.09. The highest BCUT2D eigenvalue weighted by Crippen LogP contribution is 2.33. The summed E-state index contributed by atoms with van der Waals surface area (Å²) in [6.07, 6.45) is 1.16. The summed E-state index contributed by atoms with van der Waals surface area (Å²) in [6.45, 7) is -0.732. The van der Waals surface area contributed by atoms with Crippen molar-refractivity contribution in [1.29, 1.82) is 0 Å². The van der Waals surface area contributed by atoms with Crippen molar-refractivity contribution in [2.24, 2.45) is 0 Å². The SMILES string of the molecule is CNC(=O)[C@H](Cc1ccccc1)N(Cc1c(Cl)cccc1Cl)C(=O)CN(c1ccc(OC)c(OC)c1)S(C)(=O)=O. The zero-order valence-electron chi connectivity index (χ0n) is 22.6. The molecule has 0 spiro atoms. The molecule has 0 aliphatic rings. The van der Waals surface area contributed by atoms with Gasteiger partial charge < -0.3 is 19.7 Å². The lowest BCUT2D eigenvalue weighted by atomic mass is 10.0. The average molecular weight is 609 g/mol. The Morgan fingerprint density at radius 3 is 2.10 bits per heavy atom. The van der Waals surface area contributed by atoms with E-state index in [4.69, 9.17) is 32.7 Å². The third-order valence-corrected chi connectivity index (χ3v) is 8.09. The Hall–Kier alpha value is -3.47. The first-order valence-corrected chi connectivity index (χ1v) is 14.8. The quantitative estimate of drug-likeness (QED) is 0.331. The van der Waals surface area contributed by atoms with Gasteiger partial charge in [0.05, 0.1) is 26.2 Å². The number of amides is 2. The number of rotatable bonds is 12. The van der Waals surface area contributed by atoms with Crippen LogP contribution in [0, 0.1) is 0 Å². The second kappa shape index (κ2) is 13.7. The van der Waals surface area contributed by atoms with Crippen LogP contribution in [0.4, 0.5) is 5.69 Å². The Morgan fingerprint density at radius 2 is 1.55 bits per heavy atom. The van der Waals surface area contributed by atoms with Crippen LogP contribution in [-0.4, -0.2) is 65.2 Å². The van der Waals surface area contributed by atoms with E-state index in [0.29, 0.717) is 21.4 Å². The molecule has 2 amide bonds. The van der Waals surface area contributed by atoms with Gasteiger partial charge in [0.1, 0.15) is 12.6 Å². The highest BCUT2D eigenvalue weighted by Gasteiger charge is 2.33. The number of carbonyl (C=O) groups is 2. The number of hydrogen-bond acceptors (Lipinski definition) is 6. The van der Waals surface area contributed by atoms with Crippen molar-refractivity contribution in [2.45, 2.75) is 19.0 Å². The first kappa shape index (κ1) is 31.1. The second-order valence-corrected chi connectivity index (χ2v) is 11.6. The van der Waals surface area contributed by atoms with Gasteiger partial charge in [-0.15, -0.1) is 0 Å². The van der Waals surface area contributed by atoms with Gasteiger partial charge in [-0.25, -0.2) is 8.42 Å². The highest BCUT2D eigenvalue weighted by atomic mass is 35.5. The van der Waals surface area contributed by atoms with Crippen LogP contribution in [0.15, 0.2) is 66.7 Å². The minimum Gasteiger partial charge on any atom is -0.493 e. The van der Waals surface area contributed by atoms with E-state index in [1.165, 1.54) is 38.3 Å². The minimum absolute atomic E-state index is 0.133. The fourth-order valence-electron chi connectivity index (χ4n) is 4.17. The lowest BCUT2D eigenvalue weighted by Crippen LogP contribution is -2.53. The summed E-state index contributed by atoms with van der Waals surface area (Å²) in [5, 5.41) is 3.23. The summed E-state index contributed by atoms with van der Waals surface area (Å²) in [4.78, 5) is 28.5. The number of sulfonamides is 1. The molecule has 1 N–H and O–H groups in total. The average Bonchev–Trinajstić information content (AvgIpc) is 2.93. The first-order chi connectivity index (χ1) is 19.0. The van der Waals surface area contributed by atoms with Crippen molar-refractivity contribution < 1.29 is 27.5 Å². The zero-order valence-corrected chi connectivity index (χ0v) is 24.9. The van der Waals surface area contributed by atoms with Crippen LogP contribution in [-0.2, 0) is 32.6 Å². The maximum atomic E-state index is 14.0. The van der Waals surface area contributed by atoms with Crippen LogP contribution in [0.2, 0.25) is 10.0 Å². The molecule has 0 heterocycles. The summed E-state index contributed by atoms with van der Waals surface area (Å²) in [5.74, 6) is -0.394. The number of benzene rings is 3. The minimum atomic E-state index is -3.95. The topological polar surface area (TPSA) is 105 Å². The number of nitrogens with one attached hydrogen (secondary N) is 1. The molecule has 0 saturated heterocycles. The van der Waals surface area contributed by atoms with Crippen molar-refractivity contribution in [3.8, 4) is 11.5 Å². The van der Waals surface area contributed by atoms with Crippen LogP contribution in [0.1, 0.15) is 11.1 Å². The molecule has 0 fully saturated rings. The Kier molecular flexibility index (Phi) is 10.7. The molecule has 3 aromatic rings. The Bertz CT molecular complexity index is 1430. The second-order valence-electron chi connectivity index (χ2n) is 8.85. The summed E-state index contributed by atoms with van der Waals surface area (Å²) in [6, 6.07) is 17.6. The molecule has 0 radical (unpaired) electrons. The fourth-order valence-corrected chi connectivity index (χ4v) is 5.53. The Labute approximate surface area is 244 Å². The van der Waals surface area contributed by atoms with Crippen LogP contribution < -0.4 is 19.1 Å². The molecule has 9 nitrogen and oxygen atoms in total. The summed E-state index contributed by atoms with van der Waals surface area (Å²) in [5.41, 5.74) is 1.42. The van der Waals surface area contributed by atoms with Gasteiger partial charge in [-0.1, -0.05) is 59.6 Å². The third kappa shape index (κ3) is 7.59. The molecule has 1 atom stereocenters. The number of methoxy groups -OCH3 is 2. The molecular formula is C28H31Cl2N3O6S. The van der Waals surface area contributed by atoms with Gasteiger partial charge in [-0.05, 0) is 29.8 Å². The van der Waals surface area contributed by atoms with E-state index in [1.807, 2.05) is 30.3 Å². The van der Waals surface area contributed by atoms with Gasteiger partial charge in [0.25, 0.3) is 0 Å². The molecule has 0 aromatic heterocycles. The van der Waals surface area contributed by atoms with Crippen molar-refractivity contribution in [3.05, 3.63) is 87.9 Å². The largest absolute Gasteiger partial charge is 0.493 e. The molecule has 40 heavy (non-hydrogen) atoms. The van der Waals surface area contributed by atoms with Crippen molar-refractivity contribution in [3.63, 3.8) is 0 Å². The van der Waals surface area contributed by atoms with Crippen molar-refractivity contribution in [1.82, 2.24) is 10.2 Å². The van der Waals surface area contributed by atoms with E-state index in [1.54, 1.807) is 24.3 Å². The van der Waals surface area contributed by atoms with E-state index in [-0.39, 0.29) is 24.4 Å². The van der Waals surface area contributed by atoms with E-state index < -0.39 is 34.4 Å². The molecule has 0 saturated carbocycles. The molecule has 3 aromatic carbocycles. The van der Waals surface area contributed by atoms with Crippen molar-refractivity contribution >= 4 is 50.7 Å². The molecular weight excluding hydrogens is 577 g/mol. The number of carbonyl (C=O) groups excluding carboxylic acids is 2. The van der Waals surface area contributed by atoms with Gasteiger partial charge in [0, 0.05) is 41.7 Å². The van der Waals surface area contributed by atoms with Crippen LogP contribution >= 0.6 is 23.2 Å². The zero-order chi connectivity index (χ0) is 29.4. The predicted octanol–water partition coefficient (Wildman–Crippen LogP) is 4.16. The maximum absolute atomic E-state index is 14.0. The molecule has 0 aliphatic carbocycles. The van der Waals surface area contributed by atoms with Gasteiger partial charge in [-0.2, -0.15) is 0 Å². The van der Waals surface area contributed by atoms with Crippen LogP contribution in [0.25, 0.3) is 0 Å². The number of anilines is 1.